The Hall–Kier alpha value is -3.23. The summed E-state index contributed by atoms with van der Waals surface area (Å²) in [4.78, 5) is 16.6. The fourth-order valence-corrected chi connectivity index (χ4v) is 4.03. The van der Waals surface area contributed by atoms with E-state index in [-0.39, 0.29) is 23.9 Å². The summed E-state index contributed by atoms with van der Waals surface area (Å²) in [5, 5.41) is 20.2. The summed E-state index contributed by atoms with van der Waals surface area (Å²) in [5.74, 6) is 1.06. The zero-order chi connectivity index (χ0) is 20.7. The predicted molar refractivity (Wildman–Crippen MR) is 109 cm³/mol. The summed E-state index contributed by atoms with van der Waals surface area (Å²) in [7, 11) is 0. The zero-order valence-corrected chi connectivity index (χ0v) is 16.3. The lowest BCUT2D eigenvalue weighted by Crippen LogP contribution is -2.45. The van der Waals surface area contributed by atoms with Gasteiger partial charge in [-0.1, -0.05) is 6.07 Å². The van der Waals surface area contributed by atoms with Crippen molar-refractivity contribution in [3.63, 3.8) is 0 Å². The maximum Gasteiger partial charge on any atom is 0.336 e. The van der Waals surface area contributed by atoms with Crippen molar-refractivity contribution < 1.29 is 24.1 Å². The number of hydrogen-bond donors (Lipinski definition) is 2. The first-order valence-electron chi connectivity index (χ1n) is 9.87. The quantitative estimate of drug-likeness (QED) is 0.500. The molecule has 0 spiro atoms. The molecule has 1 fully saturated rings. The molecule has 1 saturated heterocycles. The van der Waals surface area contributed by atoms with Gasteiger partial charge in [0.15, 0.2) is 23.0 Å². The van der Waals surface area contributed by atoms with Crippen molar-refractivity contribution in [2.75, 3.05) is 33.0 Å². The van der Waals surface area contributed by atoms with Gasteiger partial charge in [0.2, 0.25) is 6.79 Å². The second kappa shape index (κ2) is 7.55. The van der Waals surface area contributed by atoms with Gasteiger partial charge in [-0.25, -0.2) is 4.79 Å². The van der Waals surface area contributed by atoms with E-state index in [0.717, 1.165) is 49.8 Å². The minimum absolute atomic E-state index is 0.230. The molecule has 2 aromatic carbocycles. The molecule has 8 heteroatoms. The first-order valence-corrected chi connectivity index (χ1v) is 9.87. The molecule has 0 unspecified atom stereocenters. The number of piperazine rings is 1. The first-order chi connectivity index (χ1) is 14.5. The largest absolute Gasteiger partial charge is 0.504 e. The number of phenols is 2. The molecule has 0 radical (unpaired) electrons. The topological polar surface area (TPSA) is 95.6 Å². The third-order valence-electron chi connectivity index (χ3n) is 5.63. The summed E-state index contributed by atoms with van der Waals surface area (Å²) >= 11 is 0. The third-order valence-corrected chi connectivity index (χ3v) is 5.63. The van der Waals surface area contributed by atoms with Crippen LogP contribution in [0.25, 0.3) is 11.0 Å². The van der Waals surface area contributed by atoms with E-state index in [1.165, 1.54) is 23.8 Å². The molecule has 0 amide bonds. The Kier molecular flexibility index (Phi) is 4.72. The van der Waals surface area contributed by atoms with Crippen LogP contribution < -0.4 is 15.1 Å². The molecule has 1 aromatic heterocycles. The van der Waals surface area contributed by atoms with E-state index >= 15 is 0 Å². The highest BCUT2D eigenvalue weighted by Gasteiger charge is 2.20. The van der Waals surface area contributed by atoms with Crippen molar-refractivity contribution in [2.24, 2.45) is 0 Å². The lowest BCUT2D eigenvalue weighted by Gasteiger charge is -2.34. The summed E-state index contributed by atoms with van der Waals surface area (Å²) in [5.41, 5.74) is 1.77. The van der Waals surface area contributed by atoms with E-state index < -0.39 is 5.63 Å². The summed E-state index contributed by atoms with van der Waals surface area (Å²) in [6, 6.07) is 10.2. The second-order valence-corrected chi connectivity index (χ2v) is 7.67. The number of phenolic OH excluding ortho intramolecular Hbond substituents is 2. The van der Waals surface area contributed by atoms with Gasteiger partial charge < -0.3 is 24.1 Å². The molecule has 0 aliphatic carbocycles. The molecular weight excluding hydrogens is 388 g/mol. The minimum atomic E-state index is -0.468. The molecule has 30 heavy (non-hydrogen) atoms. The lowest BCUT2D eigenvalue weighted by molar-refractivity contribution is 0.122. The van der Waals surface area contributed by atoms with E-state index in [1.807, 2.05) is 12.1 Å². The van der Waals surface area contributed by atoms with Gasteiger partial charge >= 0.3 is 5.63 Å². The molecule has 2 N–H and O–H groups in total. The Morgan fingerprint density at radius 1 is 0.833 bits per heavy atom. The van der Waals surface area contributed by atoms with E-state index in [9.17, 15) is 15.0 Å². The zero-order valence-electron chi connectivity index (χ0n) is 16.3. The van der Waals surface area contributed by atoms with E-state index in [0.29, 0.717) is 11.9 Å². The smallest absolute Gasteiger partial charge is 0.336 e. The number of benzene rings is 2. The second-order valence-electron chi connectivity index (χ2n) is 7.67. The maximum absolute atomic E-state index is 11.9. The Balaban J connectivity index is 1.25. The molecule has 0 atom stereocenters. The summed E-state index contributed by atoms with van der Waals surface area (Å²) in [6.45, 7) is 5.22. The Bertz CT molecular complexity index is 1150. The van der Waals surface area contributed by atoms with Gasteiger partial charge in [0, 0.05) is 56.8 Å². The fourth-order valence-electron chi connectivity index (χ4n) is 4.03. The van der Waals surface area contributed by atoms with Gasteiger partial charge in [-0.05, 0) is 29.3 Å². The maximum atomic E-state index is 11.9. The van der Waals surface area contributed by atoms with Crippen molar-refractivity contribution in [2.45, 2.75) is 13.1 Å². The fraction of sp³-hybridized carbons (Fsp3) is 0.318. The minimum Gasteiger partial charge on any atom is -0.504 e. The third kappa shape index (κ3) is 3.67. The van der Waals surface area contributed by atoms with Crippen LogP contribution in [0.5, 0.6) is 23.0 Å². The normalized spacial score (nSPS) is 16.9. The van der Waals surface area contributed by atoms with Crippen LogP contribution in [0.15, 0.2) is 45.6 Å². The molecular formula is C22H22N2O6. The average Bonchev–Trinajstić information content (AvgIpc) is 3.19. The van der Waals surface area contributed by atoms with Crippen LogP contribution in [0.1, 0.15) is 11.1 Å². The highest BCUT2D eigenvalue weighted by atomic mass is 16.7. The van der Waals surface area contributed by atoms with Crippen molar-refractivity contribution >= 4 is 11.0 Å². The van der Waals surface area contributed by atoms with Crippen LogP contribution in [-0.4, -0.2) is 53.0 Å². The first kappa shape index (κ1) is 18.8. The standard InChI is InChI=1S/C22H22N2O6/c25-17-9-16-15(8-22(27)30-20(16)10-18(17)26)12-24-5-3-23(4-6-24)11-14-1-2-19-21(7-14)29-13-28-19/h1-2,7-10,25-26H,3-6,11-13H2. The van der Waals surface area contributed by atoms with Crippen LogP contribution in [0.4, 0.5) is 0 Å². The van der Waals surface area contributed by atoms with Gasteiger partial charge in [0.1, 0.15) is 5.58 Å². The van der Waals surface area contributed by atoms with Crippen molar-refractivity contribution in [1.82, 2.24) is 9.80 Å². The molecule has 0 bridgehead atoms. The van der Waals surface area contributed by atoms with Crippen LogP contribution >= 0.6 is 0 Å². The predicted octanol–water partition coefficient (Wildman–Crippen LogP) is 2.25. The van der Waals surface area contributed by atoms with E-state index in [2.05, 4.69) is 15.9 Å². The van der Waals surface area contributed by atoms with Gasteiger partial charge in [-0.15, -0.1) is 0 Å². The van der Waals surface area contributed by atoms with E-state index in [4.69, 9.17) is 13.9 Å². The average molecular weight is 410 g/mol. The number of rotatable bonds is 4. The van der Waals surface area contributed by atoms with E-state index in [1.54, 1.807) is 0 Å². The molecule has 3 aromatic rings. The monoisotopic (exact) mass is 410 g/mol. The lowest BCUT2D eigenvalue weighted by atomic mass is 10.1. The summed E-state index contributed by atoms with van der Waals surface area (Å²) < 4.78 is 16.0. The van der Waals surface area contributed by atoms with Gasteiger partial charge in [-0.3, -0.25) is 9.80 Å². The van der Waals surface area contributed by atoms with Gasteiger partial charge in [-0.2, -0.15) is 0 Å². The Morgan fingerprint density at radius 2 is 1.53 bits per heavy atom. The molecule has 156 valence electrons. The molecule has 5 rings (SSSR count). The molecule has 2 aliphatic rings. The van der Waals surface area contributed by atoms with Gasteiger partial charge in [0.25, 0.3) is 0 Å². The molecule has 3 heterocycles. The van der Waals surface area contributed by atoms with Crippen LogP contribution in [0, 0.1) is 0 Å². The van der Waals surface area contributed by atoms with Crippen molar-refractivity contribution in [3.05, 3.63) is 57.9 Å². The number of aromatic hydroxyl groups is 2. The Morgan fingerprint density at radius 3 is 2.33 bits per heavy atom. The van der Waals surface area contributed by atoms with Gasteiger partial charge in [0.05, 0.1) is 0 Å². The van der Waals surface area contributed by atoms with Crippen LogP contribution in [-0.2, 0) is 13.1 Å². The van der Waals surface area contributed by atoms with Crippen LogP contribution in [0.2, 0.25) is 0 Å². The van der Waals surface area contributed by atoms with Crippen molar-refractivity contribution in [1.29, 1.82) is 0 Å². The molecule has 2 aliphatic heterocycles. The summed E-state index contributed by atoms with van der Waals surface area (Å²) in [6.07, 6.45) is 0. The number of fused-ring (bicyclic) bond motifs is 2. The number of hydrogen-bond acceptors (Lipinski definition) is 8. The Labute approximate surface area is 172 Å². The number of ether oxygens (including phenoxy) is 2. The highest BCUT2D eigenvalue weighted by Crippen LogP contribution is 2.33. The molecule has 8 nitrogen and oxygen atoms in total. The SMILES string of the molecule is O=c1cc(CN2CCN(Cc3ccc4c(c3)OCO4)CC2)c2cc(O)c(O)cc2o1. The molecule has 0 saturated carbocycles. The highest BCUT2D eigenvalue weighted by molar-refractivity contribution is 5.83. The number of nitrogens with zero attached hydrogens (tertiary/aromatic N) is 2. The van der Waals surface area contributed by atoms with Crippen molar-refractivity contribution in [3.8, 4) is 23.0 Å². The van der Waals surface area contributed by atoms with Crippen LogP contribution in [0.3, 0.4) is 0 Å².